The zero-order valence-corrected chi connectivity index (χ0v) is 15.2. The molecule has 0 saturated heterocycles. The Morgan fingerprint density at radius 3 is 2.33 bits per heavy atom. The van der Waals surface area contributed by atoms with Crippen LogP contribution in [0.5, 0.6) is 0 Å². The third kappa shape index (κ3) is 4.72. The zero-order chi connectivity index (χ0) is 18.3. The summed E-state index contributed by atoms with van der Waals surface area (Å²) >= 11 is 0. The summed E-state index contributed by atoms with van der Waals surface area (Å²) < 4.78 is 1.35. The van der Waals surface area contributed by atoms with Crippen LogP contribution in [0.15, 0.2) is 9.59 Å². The number of hydrogen-bond acceptors (Lipinski definition) is 4. The van der Waals surface area contributed by atoms with Crippen LogP contribution in [0.1, 0.15) is 59.8 Å². The number of nitrogens with two attached hydrogens (primary N) is 1. The Balaban J connectivity index is 3.37. The minimum Gasteiger partial charge on any atom is -0.383 e. The van der Waals surface area contributed by atoms with E-state index in [1.165, 1.54) is 9.47 Å². The second-order valence-electron chi connectivity index (χ2n) is 6.35. The maximum atomic E-state index is 12.6. The van der Waals surface area contributed by atoms with E-state index in [0.29, 0.717) is 13.1 Å². The number of nitrogens with one attached hydrogen (secondary N) is 1. The largest absolute Gasteiger partial charge is 0.383 e. The quantitative estimate of drug-likeness (QED) is 0.673. The van der Waals surface area contributed by atoms with Gasteiger partial charge in [0.2, 0.25) is 5.91 Å². The van der Waals surface area contributed by atoms with Crippen LogP contribution in [-0.4, -0.2) is 22.0 Å². The Bertz CT molecular complexity index is 661. The van der Waals surface area contributed by atoms with E-state index in [4.69, 9.17) is 5.73 Å². The van der Waals surface area contributed by atoms with Crippen molar-refractivity contribution in [3.63, 3.8) is 0 Å². The van der Waals surface area contributed by atoms with Crippen molar-refractivity contribution in [1.29, 1.82) is 0 Å². The summed E-state index contributed by atoms with van der Waals surface area (Å²) in [4.78, 5) is 40.7. The lowest BCUT2D eigenvalue weighted by Crippen LogP contribution is -2.43. The predicted molar refractivity (Wildman–Crippen MR) is 97.4 cm³/mol. The number of carbonyl (C=O) groups is 1. The fourth-order valence-electron chi connectivity index (χ4n) is 2.54. The van der Waals surface area contributed by atoms with Crippen LogP contribution >= 0.6 is 0 Å². The van der Waals surface area contributed by atoms with E-state index in [-0.39, 0.29) is 23.3 Å². The first-order chi connectivity index (χ1) is 11.3. The summed E-state index contributed by atoms with van der Waals surface area (Å²) in [6.45, 7) is 8.49. The molecule has 0 atom stereocenters. The molecule has 0 aliphatic carbocycles. The Morgan fingerprint density at radius 1 is 1.17 bits per heavy atom. The Labute approximate surface area is 142 Å². The van der Waals surface area contributed by atoms with Crippen molar-refractivity contribution in [1.82, 2.24) is 9.55 Å². The third-order valence-corrected chi connectivity index (χ3v) is 3.96. The van der Waals surface area contributed by atoms with Crippen molar-refractivity contribution in [2.75, 3.05) is 17.2 Å². The summed E-state index contributed by atoms with van der Waals surface area (Å²) in [5, 5.41) is 0. The molecule has 1 amide bonds. The molecule has 0 radical (unpaired) electrons. The van der Waals surface area contributed by atoms with Crippen LogP contribution in [0, 0.1) is 5.92 Å². The molecule has 7 heteroatoms. The molecule has 0 saturated carbocycles. The molecule has 1 aromatic heterocycles. The first kappa shape index (κ1) is 20.0. The number of nitrogens with zero attached hydrogens (tertiary/aromatic N) is 2. The molecule has 3 N–H and O–H groups in total. The average Bonchev–Trinajstić information content (AvgIpc) is 2.52. The SMILES string of the molecule is CCCCCN(C(=O)C(C)C)c1c(N)n(CCCC)c(=O)[nH]c1=O. The molecule has 1 rings (SSSR count). The molecular formula is C17H30N4O3. The molecule has 1 aromatic rings. The van der Waals surface area contributed by atoms with Crippen LogP contribution in [0.25, 0.3) is 0 Å². The fraction of sp³-hybridized carbons (Fsp3) is 0.706. The molecule has 24 heavy (non-hydrogen) atoms. The number of nitrogen functional groups attached to an aromatic ring is 1. The number of aromatic amines is 1. The molecule has 0 fully saturated rings. The van der Waals surface area contributed by atoms with E-state index in [0.717, 1.165) is 32.1 Å². The van der Waals surface area contributed by atoms with Gasteiger partial charge in [-0.05, 0) is 12.8 Å². The van der Waals surface area contributed by atoms with Crippen molar-refractivity contribution in [3.05, 3.63) is 20.8 Å². The third-order valence-electron chi connectivity index (χ3n) is 3.96. The van der Waals surface area contributed by atoms with Crippen LogP contribution in [0.4, 0.5) is 11.5 Å². The number of amides is 1. The summed E-state index contributed by atoms with van der Waals surface area (Å²) in [5.41, 5.74) is 5.09. The number of unbranched alkanes of at least 4 members (excludes halogenated alkanes) is 3. The van der Waals surface area contributed by atoms with E-state index in [2.05, 4.69) is 11.9 Å². The van der Waals surface area contributed by atoms with Gasteiger partial charge in [0.1, 0.15) is 5.82 Å². The first-order valence-corrected chi connectivity index (χ1v) is 8.79. The summed E-state index contributed by atoms with van der Waals surface area (Å²) in [7, 11) is 0. The number of aromatic nitrogens is 2. The highest BCUT2D eigenvalue weighted by Gasteiger charge is 2.25. The number of anilines is 2. The van der Waals surface area contributed by atoms with E-state index >= 15 is 0 Å². The van der Waals surface area contributed by atoms with Gasteiger partial charge in [0.05, 0.1) is 0 Å². The normalized spacial score (nSPS) is 11.0. The van der Waals surface area contributed by atoms with Gasteiger partial charge in [0.25, 0.3) is 5.56 Å². The lowest BCUT2D eigenvalue weighted by atomic mass is 10.1. The molecular weight excluding hydrogens is 308 g/mol. The maximum Gasteiger partial charge on any atom is 0.330 e. The van der Waals surface area contributed by atoms with Gasteiger partial charge >= 0.3 is 5.69 Å². The van der Waals surface area contributed by atoms with Crippen LogP contribution in [0.2, 0.25) is 0 Å². The summed E-state index contributed by atoms with van der Waals surface area (Å²) in [6, 6.07) is 0. The molecule has 136 valence electrons. The fourth-order valence-corrected chi connectivity index (χ4v) is 2.54. The smallest absolute Gasteiger partial charge is 0.330 e. The predicted octanol–water partition coefficient (Wildman–Crippen LogP) is 2.10. The number of hydrogen-bond donors (Lipinski definition) is 2. The highest BCUT2D eigenvalue weighted by Crippen LogP contribution is 2.20. The molecule has 0 unspecified atom stereocenters. The zero-order valence-electron chi connectivity index (χ0n) is 15.2. The Hall–Kier alpha value is -2.05. The minimum absolute atomic E-state index is 0.0719. The highest BCUT2D eigenvalue weighted by atomic mass is 16.2. The van der Waals surface area contributed by atoms with Gasteiger partial charge in [-0.25, -0.2) is 4.79 Å². The second kappa shape index (κ2) is 9.30. The molecule has 7 nitrogen and oxygen atoms in total. The monoisotopic (exact) mass is 338 g/mol. The minimum atomic E-state index is -0.601. The summed E-state index contributed by atoms with van der Waals surface area (Å²) in [5.74, 6) is -0.354. The number of H-pyrrole nitrogens is 1. The molecule has 0 aliphatic rings. The average molecular weight is 338 g/mol. The molecule has 1 heterocycles. The van der Waals surface area contributed by atoms with Crippen LogP contribution in [-0.2, 0) is 11.3 Å². The summed E-state index contributed by atoms with van der Waals surface area (Å²) in [6.07, 6.45) is 4.40. The Morgan fingerprint density at radius 2 is 1.79 bits per heavy atom. The standard InChI is InChI=1S/C17H30N4O3/c1-5-7-9-11-20(16(23)12(3)4)13-14(18)21(10-8-6-2)17(24)19-15(13)22/h12H,5-11,18H2,1-4H3,(H,19,22,24). The van der Waals surface area contributed by atoms with E-state index in [9.17, 15) is 14.4 Å². The molecule has 0 bridgehead atoms. The maximum absolute atomic E-state index is 12.6. The molecule has 0 aromatic carbocycles. The van der Waals surface area contributed by atoms with Crippen molar-refractivity contribution < 1.29 is 4.79 Å². The number of carbonyl (C=O) groups excluding carboxylic acids is 1. The van der Waals surface area contributed by atoms with E-state index in [1.54, 1.807) is 13.8 Å². The van der Waals surface area contributed by atoms with Crippen molar-refractivity contribution in [3.8, 4) is 0 Å². The van der Waals surface area contributed by atoms with Gasteiger partial charge in [0.15, 0.2) is 5.69 Å². The van der Waals surface area contributed by atoms with E-state index < -0.39 is 11.2 Å². The van der Waals surface area contributed by atoms with Crippen molar-refractivity contribution >= 4 is 17.4 Å². The van der Waals surface area contributed by atoms with Gasteiger partial charge in [0, 0.05) is 19.0 Å². The van der Waals surface area contributed by atoms with Crippen LogP contribution in [0.3, 0.4) is 0 Å². The number of rotatable bonds is 9. The first-order valence-electron chi connectivity index (χ1n) is 8.79. The van der Waals surface area contributed by atoms with Gasteiger partial charge in [-0.1, -0.05) is 47.0 Å². The second-order valence-corrected chi connectivity index (χ2v) is 6.35. The van der Waals surface area contributed by atoms with Gasteiger partial charge in [-0.3, -0.25) is 19.1 Å². The Kier molecular flexibility index (Phi) is 7.74. The van der Waals surface area contributed by atoms with Gasteiger partial charge in [-0.2, -0.15) is 0 Å². The van der Waals surface area contributed by atoms with E-state index in [1.807, 2.05) is 6.92 Å². The molecule has 0 spiro atoms. The molecule has 0 aliphatic heterocycles. The highest BCUT2D eigenvalue weighted by molar-refractivity contribution is 5.96. The van der Waals surface area contributed by atoms with Crippen molar-refractivity contribution in [2.45, 2.75) is 66.3 Å². The topological polar surface area (TPSA) is 101 Å². The van der Waals surface area contributed by atoms with Gasteiger partial charge in [-0.15, -0.1) is 0 Å². The lowest BCUT2D eigenvalue weighted by molar-refractivity contribution is -0.121. The van der Waals surface area contributed by atoms with Crippen molar-refractivity contribution in [2.24, 2.45) is 5.92 Å². The lowest BCUT2D eigenvalue weighted by Gasteiger charge is -2.26. The van der Waals surface area contributed by atoms with Gasteiger partial charge < -0.3 is 10.6 Å². The van der Waals surface area contributed by atoms with Crippen LogP contribution < -0.4 is 21.9 Å².